The first-order valence-corrected chi connectivity index (χ1v) is 7.80. The molecular formula is C16H22N4O2. The summed E-state index contributed by atoms with van der Waals surface area (Å²) in [4.78, 5) is 32.6. The lowest BCUT2D eigenvalue weighted by Gasteiger charge is -2.43. The van der Waals surface area contributed by atoms with Crippen LogP contribution in [-0.4, -0.2) is 47.9 Å². The number of anilines is 1. The zero-order valence-corrected chi connectivity index (χ0v) is 12.9. The minimum Gasteiger partial charge on any atom is -0.369 e. The van der Waals surface area contributed by atoms with Crippen LogP contribution >= 0.6 is 0 Å². The molecule has 2 fully saturated rings. The Morgan fingerprint density at radius 3 is 2.41 bits per heavy atom. The first kappa shape index (κ1) is 14.8. The second-order valence-electron chi connectivity index (χ2n) is 6.27. The monoisotopic (exact) mass is 302 g/mol. The summed E-state index contributed by atoms with van der Waals surface area (Å²) in [6.45, 7) is 4.74. The number of pyridine rings is 1. The van der Waals surface area contributed by atoms with Crippen molar-refractivity contribution in [3.05, 3.63) is 23.9 Å². The molecule has 3 rings (SSSR count). The minimum absolute atomic E-state index is 0.0805. The number of hydrogen-bond acceptors (Lipinski definition) is 4. The van der Waals surface area contributed by atoms with E-state index in [1.54, 1.807) is 11.1 Å². The molecule has 6 nitrogen and oxygen atoms in total. The van der Waals surface area contributed by atoms with Gasteiger partial charge in [0.05, 0.1) is 0 Å². The Morgan fingerprint density at radius 1 is 1.23 bits per heavy atom. The Kier molecular flexibility index (Phi) is 3.76. The average molecular weight is 302 g/mol. The summed E-state index contributed by atoms with van der Waals surface area (Å²) in [6.07, 6.45) is 3.90. The zero-order chi connectivity index (χ0) is 15.7. The van der Waals surface area contributed by atoms with Crippen molar-refractivity contribution in [2.45, 2.75) is 26.2 Å². The molecule has 1 saturated heterocycles. The summed E-state index contributed by atoms with van der Waals surface area (Å²) in [5, 5.41) is 0. The molecule has 1 saturated carbocycles. The van der Waals surface area contributed by atoms with Crippen molar-refractivity contribution >= 4 is 17.6 Å². The molecule has 2 aliphatic rings. The summed E-state index contributed by atoms with van der Waals surface area (Å²) in [5.41, 5.74) is 5.71. The van der Waals surface area contributed by atoms with Gasteiger partial charge in [-0.15, -0.1) is 0 Å². The van der Waals surface area contributed by atoms with Crippen LogP contribution in [0.15, 0.2) is 18.3 Å². The van der Waals surface area contributed by atoms with Crippen LogP contribution in [0.2, 0.25) is 0 Å². The van der Waals surface area contributed by atoms with E-state index in [4.69, 9.17) is 5.73 Å². The molecule has 6 heteroatoms. The van der Waals surface area contributed by atoms with Gasteiger partial charge < -0.3 is 15.5 Å². The fraction of sp³-hybridized carbons (Fsp3) is 0.562. The molecule has 22 heavy (non-hydrogen) atoms. The first-order valence-electron chi connectivity index (χ1n) is 7.80. The molecule has 0 aromatic carbocycles. The second-order valence-corrected chi connectivity index (χ2v) is 6.27. The Labute approximate surface area is 130 Å². The molecule has 2 amide bonds. The molecule has 2 N–H and O–H groups in total. The largest absolute Gasteiger partial charge is 0.369 e. The number of nitrogens with two attached hydrogens (primary N) is 1. The van der Waals surface area contributed by atoms with Gasteiger partial charge in [0.25, 0.3) is 0 Å². The SMILES string of the molecule is Cc1ccnc(N2CCN(C(=O)C3(C(N)=O)CCC3)CC2)c1. The maximum absolute atomic E-state index is 12.6. The maximum Gasteiger partial charge on any atom is 0.238 e. The van der Waals surface area contributed by atoms with Crippen LogP contribution in [0.5, 0.6) is 0 Å². The molecule has 1 aromatic rings. The Morgan fingerprint density at radius 2 is 1.91 bits per heavy atom. The average Bonchev–Trinajstić information content (AvgIpc) is 2.46. The lowest BCUT2D eigenvalue weighted by molar-refractivity contribution is -0.155. The van der Waals surface area contributed by atoms with Crippen LogP contribution in [0.4, 0.5) is 5.82 Å². The summed E-state index contributed by atoms with van der Waals surface area (Å²) in [7, 11) is 0. The molecule has 0 spiro atoms. The van der Waals surface area contributed by atoms with Crippen LogP contribution in [-0.2, 0) is 9.59 Å². The highest BCUT2D eigenvalue weighted by Gasteiger charge is 2.51. The van der Waals surface area contributed by atoms with Gasteiger partial charge in [-0.3, -0.25) is 9.59 Å². The fourth-order valence-electron chi connectivity index (χ4n) is 3.23. The van der Waals surface area contributed by atoms with Gasteiger partial charge in [0.15, 0.2) is 0 Å². The number of nitrogens with zero attached hydrogens (tertiary/aromatic N) is 3. The smallest absolute Gasteiger partial charge is 0.238 e. The predicted molar refractivity (Wildman–Crippen MR) is 83.2 cm³/mol. The van der Waals surface area contributed by atoms with Crippen molar-refractivity contribution in [3.63, 3.8) is 0 Å². The zero-order valence-electron chi connectivity index (χ0n) is 12.9. The summed E-state index contributed by atoms with van der Waals surface area (Å²) in [6, 6.07) is 4.02. The molecular weight excluding hydrogens is 280 g/mol. The molecule has 0 atom stereocenters. The van der Waals surface area contributed by atoms with E-state index in [-0.39, 0.29) is 5.91 Å². The first-order chi connectivity index (χ1) is 10.5. The summed E-state index contributed by atoms with van der Waals surface area (Å²) >= 11 is 0. The van der Waals surface area contributed by atoms with Crippen molar-refractivity contribution in [2.24, 2.45) is 11.1 Å². The third-order valence-corrected chi connectivity index (χ3v) is 4.88. The molecule has 1 aromatic heterocycles. The van der Waals surface area contributed by atoms with Gasteiger partial charge >= 0.3 is 0 Å². The van der Waals surface area contributed by atoms with E-state index in [9.17, 15) is 9.59 Å². The second kappa shape index (κ2) is 5.59. The van der Waals surface area contributed by atoms with E-state index >= 15 is 0 Å². The van der Waals surface area contributed by atoms with Crippen LogP contribution in [0.1, 0.15) is 24.8 Å². The van der Waals surface area contributed by atoms with Crippen LogP contribution in [0.3, 0.4) is 0 Å². The number of aryl methyl sites for hydroxylation is 1. The van der Waals surface area contributed by atoms with E-state index in [0.29, 0.717) is 25.9 Å². The highest BCUT2D eigenvalue weighted by molar-refractivity contribution is 6.05. The number of hydrogen-bond donors (Lipinski definition) is 1. The van der Waals surface area contributed by atoms with Crippen LogP contribution in [0, 0.1) is 12.3 Å². The predicted octanol–water partition coefficient (Wildman–Crippen LogP) is 0.694. The molecule has 0 radical (unpaired) electrons. The number of rotatable bonds is 3. The summed E-state index contributed by atoms with van der Waals surface area (Å²) < 4.78 is 0. The standard InChI is InChI=1S/C16H22N4O2/c1-12-3-6-18-13(11-12)19-7-9-20(10-8-19)15(22)16(14(17)21)4-2-5-16/h3,6,11H,2,4-5,7-10H2,1H3,(H2,17,21). The number of carbonyl (C=O) groups excluding carboxylic acids is 2. The number of piperazine rings is 1. The van der Waals surface area contributed by atoms with Crippen molar-refractivity contribution < 1.29 is 9.59 Å². The topological polar surface area (TPSA) is 79.5 Å². The van der Waals surface area contributed by atoms with E-state index in [1.165, 1.54) is 5.56 Å². The number of aromatic nitrogens is 1. The molecule has 2 heterocycles. The molecule has 1 aliphatic heterocycles. The van der Waals surface area contributed by atoms with Crippen LogP contribution < -0.4 is 10.6 Å². The minimum atomic E-state index is -0.927. The van der Waals surface area contributed by atoms with Gasteiger partial charge in [-0.1, -0.05) is 6.42 Å². The van der Waals surface area contributed by atoms with Gasteiger partial charge in [0.2, 0.25) is 11.8 Å². The van der Waals surface area contributed by atoms with Crippen molar-refractivity contribution in [2.75, 3.05) is 31.1 Å². The maximum atomic E-state index is 12.6. The molecule has 0 unspecified atom stereocenters. The Balaban J connectivity index is 1.64. The lowest BCUT2D eigenvalue weighted by Crippen LogP contribution is -2.59. The number of primary amides is 1. The highest BCUT2D eigenvalue weighted by Crippen LogP contribution is 2.42. The Bertz CT molecular complexity index is 590. The van der Waals surface area contributed by atoms with Gasteiger partial charge in [0.1, 0.15) is 11.2 Å². The normalized spacial score (nSPS) is 20.4. The van der Waals surface area contributed by atoms with E-state index in [1.807, 2.05) is 19.1 Å². The fourth-order valence-corrected chi connectivity index (χ4v) is 3.23. The quantitative estimate of drug-likeness (QED) is 0.833. The lowest BCUT2D eigenvalue weighted by atomic mass is 9.67. The third-order valence-electron chi connectivity index (χ3n) is 4.88. The van der Waals surface area contributed by atoms with Gasteiger partial charge in [-0.2, -0.15) is 0 Å². The van der Waals surface area contributed by atoms with Crippen molar-refractivity contribution in [1.82, 2.24) is 9.88 Å². The number of amides is 2. The molecule has 118 valence electrons. The van der Waals surface area contributed by atoms with Gasteiger partial charge in [0, 0.05) is 32.4 Å². The third kappa shape index (κ3) is 2.42. The molecule has 1 aliphatic carbocycles. The van der Waals surface area contributed by atoms with E-state index < -0.39 is 11.3 Å². The van der Waals surface area contributed by atoms with Gasteiger partial charge in [-0.25, -0.2) is 4.98 Å². The highest BCUT2D eigenvalue weighted by atomic mass is 16.2. The van der Waals surface area contributed by atoms with E-state index in [2.05, 4.69) is 9.88 Å². The molecule has 0 bridgehead atoms. The van der Waals surface area contributed by atoms with Crippen molar-refractivity contribution in [3.8, 4) is 0 Å². The Hall–Kier alpha value is -2.11. The van der Waals surface area contributed by atoms with Gasteiger partial charge in [-0.05, 0) is 37.5 Å². The van der Waals surface area contributed by atoms with Crippen LogP contribution in [0.25, 0.3) is 0 Å². The van der Waals surface area contributed by atoms with E-state index in [0.717, 1.165) is 25.3 Å². The summed E-state index contributed by atoms with van der Waals surface area (Å²) in [5.74, 6) is 0.398. The van der Waals surface area contributed by atoms with Crippen molar-refractivity contribution in [1.29, 1.82) is 0 Å². The number of carbonyl (C=O) groups is 2.